The number of nitrogens with zero attached hydrogens (tertiary/aromatic N) is 1. The molecule has 12 heteroatoms. The number of nitro groups is 1. The predicted molar refractivity (Wildman–Crippen MR) is 123 cm³/mol. The van der Waals surface area contributed by atoms with E-state index in [-0.39, 0.29) is 27.8 Å². The first-order valence-electron chi connectivity index (χ1n) is 9.50. The van der Waals surface area contributed by atoms with Crippen molar-refractivity contribution < 1.29 is 32.3 Å². The second-order valence-corrected chi connectivity index (χ2v) is 9.07. The van der Waals surface area contributed by atoms with Crippen molar-refractivity contribution in [2.75, 3.05) is 25.5 Å². The molecule has 0 unspecified atom stereocenters. The number of rotatable bonds is 9. The van der Waals surface area contributed by atoms with E-state index in [1.165, 1.54) is 32.4 Å². The highest BCUT2D eigenvalue weighted by Gasteiger charge is 2.26. The van der Waals surface area contributed by atoms with Crippen LogP contribution in [0.1, 0.15) is 17.3 Å². The number of nitro benzene ring substituents is 1. The van der Waals surface area contributed by atoms with Crippen LogP contribution in [-0.4, -0.2) is 40.1 Å². The SMILES string of the molecule is CCOC(=O)c1c(-c2ccc(OC)c(OC)c2)csc1NS(=O)(=O)c1cccc([N+](=O)[O-])c1. The van der Waals surface area contributed by atoms with Gasteiger partial charge in [0.25, 0.3) is 15.7 Å². The molecule has 1 aromatic heterocycles. The van der Waals surface area contributed by atoms with Gasteiger partial charge in [-0.15, -0.1) is 11.3 Å². The maximum atomic E-state index is 12.9. The molecular formula is C21H20N2O8S2. The Morgan fingerprint density at radius 1 is 1.12 bits per heavy atom. The molecular weight excluding hydrogens is 472 g/mol. The standard InChI is InChI=1S/C21H20N2O8S2/c1-4-31-21(24)19-16(13-8-9-17(29-2)18(10-13)30-3)12-32-20(19)22-33(27,28)15-7-5-6-14(11-15)23(25)26/h5-12,22H,4H2,1-3H3. The molecule has 0 amide bonds. The molecule has 0 saturated carbocycles. The number of anilines is 1. The third-order valence-corrected chi connectivity index (χ3v) is 6.90. The Morgan fingerprint density at radius 2 is 1.85 bits per heavy atom. The lowest BCUT2D eigenvalue weighted by atomic mass is 10.0. The van der Waals surface area contributed by atoms with Crippen LogP contribution in [0.15, 0.2) is 52.7 Å². The van der Waals surface area contributed by atoms with Crippen molar-refractivity contribution in [3.05, 3.63) is 63.5 Å². The van der Waals surface area contributed by atoms with Crippen molar-refractivity contribution in [3.63, 3.8) is 0 Å². The van der Waals surface area contributed by atoms with Gasteiger partial charge >= 0.3 is 5.97 Å². The first-order chi connectivity index (χ1) is 15.7. The molecule has 2 aromatic carbocycles. The number of thiophene rings is 1. The number of non-ortho nitro benzene ring substituents is 1. The van der Waals surface area contributed by atoms with Crippen molar-refractivity contribution in [2.45, 2.75) is 11.8 Å². The van der Waals surface area contributed by atoms with Gasteiger partial charge in [-0.3, -0.25) is 14.8 Å². The molecule has 3 aromatic rings. The van der Waals surface area contributed by atoms with E-state index in [1.54, 1.807) is 30.5 Å². The smallest absolute Gasteiger partial charge is 0.341 e. The van der Waals surface area contributed by atoms with Crippen molar-refractivity contribution >= 4 is 38.0 Å². The van der Waals surface area contributed by atoms with E-state index >= 15 is 0 Å². The predicted octanol–water partition coefficient (Wildman–Crippen LogP) is 4.32. The number of esters is 1. The van der Waals surface area contributed by atoms with Crippen molar-refractivity contribution in [1.82, 2.24) is 0 Å². The average molecular weight is 493 g/mol. The summed E-state index contributed by atoms with van der Waals surface area (Å²) in [4.78, 5) is 22.8. The summed E-state index contributed by atoms with van der Waals surface area (Å²) in [5.41, 5.74) is 0.646. The van der Waals surface area contributed by atoms with Crippen LogP contribution in [0.25, 0.3) is 11.1 Å². The topological polar surface area (TPSA) is 134 Å². The molecule has 1 heterocycles. The molecule has 0 fully saturated rings. The van der Waals surface area contributed by atoms with Crippen LogP contribution in [0.4, 0.5) is 10.7 Å². The van der Waals surface area contributed by atoms with Gasteiger partial charge in [-0.05, 0) is 30.7 Å². The van der Waals surface area contributed by atoms with E-state index in [9.17, 15) is 23.3 Å². The molecule has 0 aliphatic heterocycles. The summed E-state index contributed by atoms with van der Waals surface area (Å²) >= 11 is 0.984. The lowest BCUT2D eigenvalue weighted by Gasteiger charge is -2.12. The zero-order valence-electron chi connectivity index (χ0n) is 17.9. The second-order valence-electron chi connectivity index (χ2n) is 6.50. The normalized spacial score (nSPS) is 11.0. The average Bonchev–Trinajstić information content (AvgIpc) is 3.21. The minimum Gasteiger partial charge on any atom is -0.493 e. The van der Waals surface area contributed by atoms with Gasteiger partial charge in [0.1, 0.15) is 10.6 Å². The summed E-state index contributed by atoms with van der Waals surface area (Å²) in [6.07, 6.45) is 0. The number of methoxy groups -OCH3 is 2. The number of carbonyl (C=O) groups excluding carboxylic acids is 1. The third kappa shape index (κ3) is 5.07. The van der Waals surface area contributed by atoms with Crippen LogP contribution in [0, 0.1) is 10.1 Å². The number of carbonyl (C=O) groups is 1. The molecule has 0 atom stereocenters. The molecule has 174 valence electrons. The summed E-state index contributed by atoms with van der Waals surface area (Å²) in [5.74, 6) is 0.191. The van der Waals surface area contributed by atoms with Crippen LogP contribution in [0.2, 0.25) is 0 Å². The summed E-state index contributed by atoms with van der Waals surface area (Å²) < 4.78 is 43.9. The number of hydrogen-bond acceptors (Lipinski definition) is 9. The Hall–Kier alpha value is -3.64. The number of nitrogens with one attached hydrogen (secondary N) is 1. The lowest BCUT2D eigenvalue weighted by molar-refractivity contribution is -0.385. The van der Waals surface area contributed by atoms with E-state index in [0.29, 0.717) is 22.6 Å². The largest absolute Gasteiger partial charge is 0.493 e. The van der Waals surface area contributed by atoms with E-state index in [2.05, 4.69) is 4.72 Å². The maximum Gasteiger partial charge on any atom is 0.341 e. The van der Waals surface area contributed by atoms with E-state index < -0.39 is 20.9 Å². The highest BCUT2D eigenvalue weighted by Crippen LogP contribution is 2.40. The van der Waals surface area contributed by atoms with Gasteiger partial charge in [-0.25, -0.2) is 13.2 Å². The first-order valence-corrected chi connectivity index (χ1v) is 11.9. The Kier molecular flexibility index (Phi) is 7.19. The van der Waals surface area contributed by atoms with Crippen molar-refractivity contribution in [1.29, 1.82) is 0 Å². The van der Waals surface area contributed by atoms with Crippen LogP contribution in [0.3, 0.4) is 0 Å². The van der Waals surface area contributed by atoms with Crippen molar-refractivity contribution in [2.24, 2.45) is 0 Å². The summed E-state index contributed by atoms with van der Waals surface area (Å²) in [6, 6.07) is 9.63. The monoisotopic (exact) mass is 492 g/mol. The molecule has 3 rings (SSSR count). The summed E-state index contributed by atoms with van der Waals surface area (Å²) in [5, 5.41) is 12.7. The van der Waals surface area contributed by atoms with E-state index in [1.807, 2.05) is 0 Å². The fourth-order valence-electron chi connectivity index (χ4n) is 3.00. The molecule has 0 radical (unpaired) electrons. The third-order valence-electron chi connectivity index (χ3n) is 4.53. The number of hydrogen-bond donors (Lipinski definition) is 1. The molecule has 10 nitrogen and oxygen atoms in total. The van der Waals surface area contributed by atoms with E-state index in [4.69, 9.17) is 14.2 Å². The van der Waals surface area contributed by atoms with Gasteiger partial charge in [0.2, 0.25) is 0 Å². The van der Waals surface area contributed by atoms with Crippen LogP contribution in [0.5, 0.6) is 11.5 Å². The molecule has 0 aliphatic rings. The Bertz CT molecular complexity index is 1300. The maximum absolute atomic E-state index is 12.9. The minimum absolute atomic E-state index is 0.0167. The highest BCUT2D eigenvalue weighted by molar-refractivity contribution is 7.93. The molecule has 1 N–H and O–H groups in total. The zero-order chi connectivity index (χ0) is 24.2. The van der Waals surface area contributed by atoms with Crippen molar-refractivity contribution in [3.8, 4) is 22.6 Å². The van der Waals surface area contributed by atoms with Gasteiger partial charge in [-0.2, -0.15) is 0 Å². The fourth-order valence-corrected chi connectivity index (χ4v) is 5.32. The number of sulfonamides is 1. The van der Waals surface area contributed by atoms with Gasteiger partial charge in [-0.1, -0.05) is 12.1 Å². The number of benzene rings is 2. The number of ether oxygens (including phenoxy) is 3. The van der Waals surface area contributed by atoms with Gasteiger partial charge in [0.05, 0.1) is 30.6 Å². The van der Waals surface area contributed by atoms with Gasteiger partial charge in [0, 0.05) is 23.1 Å². The van der Waals surface area contributed by atoms with Gasteiger partial charge < -0.3 is 14.2 Å². The quantitative estimate of drug-likeness (QED) is 0.265. The lowest BCUT2D eigenvalue weighted by Crippen LogP contribution is -2.15. The minimum atomic E-state index is -4.23. The molecule has 33 heavy (non-hydrogen) atoms. The van der Waals surface area contributed by atoms with Gasteiger partial charge in [0.15, 0.2) is 11.5 Å². The second kappa shape index (κ2) is 9.88. The first kappa shape index (κ1) is 24.0. The summed E-state index contributed by atoms with van der Waals surface area (Å²) in [7, 11) is -1.26. The molecule has 0 aliphatic carbocycles. The Morgan fingerprint density at radius 3 is 2.48 bits per heavy atom. The Labute approximate surface area is 193 Å². The molecule has 0 spiro atoms. The van der Waals surface area contributed by atoms with Crippen LogP contribution < -0.4 is 14.2 Å². The fraction of sp³-hybridized carbons (Fsp3) is 0.190. The van der Waals surface area contributed by atoms with Crippen LogP contribution >= 0.6 is 11.3 Å². The van der Waals surface area contributed by atoms with Crippen LogP contribution in [-0.2, 0) is 14.8 Å². The Balaban J connectivity index is 2.08. The summed E-state index contributed by atoms with van der Waals surface area (Å²) in [6.45, 7) is 1.71. The molecule has 0 saturated heterocycles. The molecule has 0 bridgehead atoms. The van der Waals surface area contributed by atoms with E-state index in [0.717, 1.165) is 17.4 Å². The zero-order valence-corrected chi connectivity index (χ0v) is 19.5. The highest BCUT2D eigenvalue weighted by atomic mass is 32.2.